The summed E-state index contributed by atoms with van der Waals surface area (Å²) < 4.78 is 0. The summed E-state index contributed by atoms with van der Waals surface area (Å²) in [5.74, 6) is 0.00308. The molecular weight excluding hydrogens is 214 g/mol. The highest BCUT2D eigenvalue weighted by Gasteiger charge is 2.40. The van der Waals surface area contributed by atoms with Crippen LogP contribution in [0.25, 0.3) is 0 Å². The van der Waals surface area contributed by atoms with Crippen LogP contribution in [0.2, 0.25) is 0 Å². The first-order valence-corrected chi connectivity index (χ1v) is 5.86. The smallest absolute Gasteiger partial charge is 0.225 e. The Morgan fingerprint density at radius 3 is 2.76 bits per heavy atom. The lowest BCUT2D eigenvalue weighted by Gasteiger charge is -2.30. The van der Waals surface area contributed by atoms with Crippen molar-refractivity contribution < 1.29 is 9.90 Å². The van der Waals surface area contributed by atoms with E-state index in [9.17, 15) is 9.90 Å². The molecule has 0 aliphatic carbocycles. The molecule has 1 aliphatic heterocycles. The largest absolute Gasteiger partial charge is 0.367 e. The fourth-order valence-electron chi connectivity index (χ4n) is 2.19. The van der Waals surface area contributed by atoms with Crippen LogP contribution in [0.3, 0.4) is 0 Å². The molecule has 1 unspecified atom stereocenters. The van der Waals surface area contributed by atoms with Crippen LogP contribution in [-0.4, -0.2) is 28.2 Å². The molecule has 90 valence electrons. The van der Waals surface area contributed by atoms with Gasteiger partial charge in [0.15, 0.2) is 5.72 Å². The van der Waals surface area contributed by atoms with Gasteiger partial charge in [0.05, 0.1) is 0 Å². The Balaban J connectivity index is 2.03. The Labute approximate surface area is 101 Å². The lowest BCUT2D eigenvalue weighted by Crippen LogP contribution is -2.45. The van der Waals surface area contributed by atoms with E-state index in [-0.39, 0.29) is 5.91 Å². The van der Waals surface area contributed by atoms with E-state index < -0.39 is 5.72 Å². The normalized spacial score (nSPS) is 24.1. The van der Waals surface area contributed by atoms with Crippen LogP contribution in [-0.2, 0) is 11.2 Å². The number of carbonyl (C=O) groups is 1. The van der Waals surface area contributed by atoms with Crippen LogP contribution in [0, 0.1) is 0 Å². The van der Waals surface area contributed by atoms with Crippen molar-refractivity contribution in [2.75, 3.05) is 6.54 Å². The van der Waals surface area contributed by atoms with E-state index in [1.54, 1.807) is 0 Å². The molecule has 3 nitrogen and oxygen atoms in total. The minimum atomic E-state index is -1.15. The Hall–Kier alpha value is -1.61. The summed E-state index contributed by atoms with van der Waals surface area (Å²) in [6.45, 7) is 4.14. The number of nitrogens with zero attached hydrogens (tertiary/aromatic N) is 1. The van der Waals surface area contributed by atoms with Gasteiger partial charge in [-0.05, 0) is 18.1 Å². The summed E-state index contributed by atoms with van der Waals surface area (Å²) in [5, 5.41) is 10.2. The summed E-state index contributed by atoms with van der Waals surface area (Å²) in [6, 6.07) is 9.95. The molecule has 2 rings (SSSR count). The Kier molecular flexibility index (Phi) is 3.29. The zero-order chi connectivity index (χ0) is 12.3. The van der Waals surface area contributed by atoms with Gasteiger partial charge in [0.1, 0.15) is 0 Å². The van der Waals surface area contributed by atoms with Gasteiger partial charge in [-0.15, -0.1) is 0 Å². The molecule has 1 atom stereocenters. The van der Waals surface area contributed by atoms with Gasteiger partial charge in [-0.1, -0.05) is 36.9 Å². The molecule has 17 heavy (non-hydrogen) atoms. The van der Waals surface area contributed by atoms with E-state index in [0.717, 1.165) is 6.42 Å². The molecule has 1 aromatic carbocycles. The van der Waals surface area contributed by atoms with Crippen LogP contribution in [0.15, 0.2) is 43.0 Å². The van der Waals surface area contributed by atoms with E-state index in [0.29, 0.717) is 19.4 Å². The molecule has 1 aromatic rings. The van der Waals surface area contributed by atoms with Crippen molar-refractivity contribution in [3.8, 4) is 0 Å². The van der Waals surface area contributed by atoms with Crippen LogP contribution < -0.4 is 0 Å². The monoisotopic (exact) mass is 231 g/mol. The number of amides is 1. The molecule has 1 N–H and O–H groups in total. The molecular formula is C14H17NO2. The number of benzene rings is 1. The zero-order valence-electron chi connectivity index (χ0n) is 9.80. The first-order chi connectivity index (χ1) is 8.15. The lowest BCUT2D eigenvalue weighted by atomic mass is 10.1. The molecule has 0 saturated carbocycles. The van der Waals surface area contributed by atoms with Gasteiger partial charge < -0.3 is 10.0 Å². The van der Waals surface area contributed by atoms with E-state index in [1.165, 1.54) is 16.5 Å². The van der Waals surface area contributed by atoms with Crippen LogP contribution in [0.5, 0.6) is 0 Å². The average molecular weight is 231 g/mol. The zero-order valence-corrected chi connectivity index (χ0v) is 9.80. The van der Waals surface area contributed by atoms with Gasteiger partial charge in [0, 0.05) is 19.4 Å². The predicted octanol–water partition coefficient (Wildman–Crippen LogP) is 1.73. The van der Waals surface area contributed by atoms with Gasteiger partial charge in [-0.3, -0.25) is 4.79 Å². The van der Waals surface area contributed by atoms with E-state index in [2.05, 4.69) is 6.58 Å². The summed E-state index contributed by atoms with van der Waals surface area (Å²) in [6.07, 6.45) is 3.06. The predicted molar refractivity (Wildman–Crippen MR) is 66.2 cm³/mol. The maximum absolute atomic E-state index is 11.7. The second-order valence-corrected chi connectivity index (χ2v) is 4.36. The second-order valence-electron chi connectivity index (χ2n) is 4.36. The molecule has 0 radical (unpaired) electrons. The maximum Gasteiger partial charge on any atom is 0.225 e. The van der Waals surface area contributed by atoms with Gasteiger partial charge in [-0.2, -0.15) is 0 Å². The number of likely N-dealkylation sites (tertiary alicyclic amines) is 1. The Morgan fingerprint density at radius 2 is 2.12 bits per heavy atom. The quantitative estimate of drug-likeness (QED) is 0.802. The molecule has 0 bridgehead atoms. The van der Waals surface area contributed by atoms with Crippen molar-refractivity contribution in [1.82, 2.24) is 4.90 Å². The molecule has 0 aromatic heterocycles. The third-order valence-corrected chi connectivity index (χ3v) is 3.27. The first kappa shape index (κ1) is 11.9. The van der Waals surface area contributed by atoms with Gasteiger partial charge in [0.2, 0.25) is 5.91 Å². The molecule has 1 aliphatic rings. The lowest BCUT2D eigenvalue weighted by molar-refractivity contribution is -0.138. The van der Waals surface area contributed by atoms with Crippen LogP contribution >= 0.6 is 0 Å². The average Bonchev–Trinajstić information content (AvgIpc) is 2.65. The third-order valence-electron chi connectivity index (χ3n) is 3.27. The van der Waals surface area contributed by atoms with Crippen LogP contribution in [0.1, 0.15) is 18.4 Å². The molecule has 1 fully saturated rings. The maximum atomic E-state index is 11.7. The van der Waals surface area contributed by atoms with Gasteiger partial charge in [0.25, 0.3) is 0 Å². The fourth-order valence-corrected chi connectivity index (χ4v) is 2.19. The van der Waals surface area contributed by atoms with E-state index in [4.69, 9.17) is 0 Å². The minimum absolute atomic E-state index is 0.00308. The van der Waals surface area contributed by atoms with Gasteiger partial charge in [-0.25, -0.2) is 0 Å². The highest BCUT2D eigenvalue weighted by Crippen LogP contribution is 2.28. The van der Waals surface area contributed by atoms with Crippen molar-refractivity contribution in [3.05, 3.63) is 48.6 Å². The van der Waals surface area contributed by atoms with E-state index in [1.807, 2.05) is 30.3 Å². The van der Waals surface area contributed by atoms with Crippen molar-refractivity contribution in [1.29, 1.82) is 0 Å². The molecule has 1 heterocycles. The van der Waals surface area contributed by atoms with Crippen molar-refractivity contribution in [2.45, 2.75) is 25.0 Å². The second kappa shape index (κ2) is 4.72. The third kappa shape index (κ3) is 2.39. The summed E-state index contributed by atoms with van der Waals surface area (Å²) >= 11 is 0. The summed E-state index contributed by atoms with van der Waals surface area (Å²) in [5.41, 5.74) is 0.0184. The molecule has 0 spiro atoms. The number of rotatable bonds is 4. The first-order valence-electron chi connectivity index (χ1n) is 5.86. The standard InChI is InChI=1S/C14H17NO2/c1-2-14(17)10-8-13(16)15(14)11-9-12-6-4-3-5-7-12/h2-7,17H,1,8-11H2. The topological polar surface area (TPSA) is 40.5 Å². The SMILES string of the molecule is C=CC1(O)CCC(=O)N1CCc1ccccc1. The highest BCUT2D eigenvalue weighted by molar-refractivity contribution is 5.79. The molecule has 1 amide bonds. The molecule has 1 saturated heterocycles. The fraction of sp³-hybridized carbons (Fsp3) is 0.357. The number of hydrogen-bond donors (Lipinski definition) is 1. The van der Waals surface area contributed by atoms with Crippen LogP contribution in [0.4, 0.5) is 0 Å². The van der Waals surface area contributed by atoms with Gasteiger partial charge >= 0.3 is 0 Å². The Morgan fingerprint density at radius 1 is 1.41 bits per heavy atom. The summed E-state index contributed by atoms with van der Waals surface area (Å²) in [4.78, 5) is 13.2. The van der Waals surface area contributed by atoms with E-state index >= 15 is 0 Å². The highest BCUT2D eigenvalue weighted by atomic mass is 16.3. The Bertz CT molecular complexity index is 415. The number of hydrogen-bond acceptors (Lipinski definition) is 2. The van der Waals surface area contributed by atoms with Crippen molar-refractivity contribution in [3.63, 3.8) is 0 Å². The number of aliphatic hydroxyl groups is 1. The number of carbonyl (C=O) groups excluding carboxylic acids is 1. The summed E-state index contributed by atoms with van der Waals surface area (Å²) in [7, 11) is 0. The van der Waals surface area contributed by atoms with Crippen molar-refractivity contribution in [2.24, 2.45) is 0 Å². The molecule has 3 heteroatoms. The minimum Gasteiger partial charge on any atom is -0.367 e. The van der Waals surface area contributed by atoms with Crippen molar-refractivity contribution >= 4 is 5.91 Å².